The van der Waals surface area contributed by atoms with Gasteiger partial charge in [-0.25, -0.2) is 17.1 Å². The first-order valence-electron chi connectivity index (χ1n) is 9.77. The minimum absolute atomic E-state index is 0.0182. The van der Waals surface area contributed by atoms with Gasteiger partial charge in [0.25, 0.3) is 5.91 Å². The molecular formula is C21H25ClFN3O4S. The highest BCUT2D eigenvalue weighted by molar-refractivity contribution is 7.89. The second-order valence-corrected chi connectivity index (χ2v) is 9.91. The fourth-order valence-corrected chi connectivity index (χ4v) is 4.50. The highest BCUT2D eigenvalue weighted by Gasteiger charge is 2.25. The van der Waals surface area contributed by atoms with Crippen LogP contribution in [-0.2, 0) is 14.8 Å². The number of hydrogen-bond donors (Lipinski definition) is 1. The molecule has 7 nitrogen and oxygen atoms in total. The predicted molar refractivity (Wildman–Crippen MR) is 116 cm³/mol. The van der Waals surface area contributed by atoms with E-state index in [0.717, 1.165) is 9.87 Å². The fraction of sp³-hybridized carbons (Fsp3) is 0.381. The number of amides is 1. The van der Waals surface area contributed by atoms with E-state index in [-0.39, 0.29) is 33.9 Å². The number of carbonyl (C=O) groups excluding carboxylic acids is 1. The molecule has 0 bridgehead atoms. The molecule has 1 atom stereocenters. The van der Waals surface area contributed by atoms with E-state index in [4.69, 9.17) is 16.3 Å². The number of hydrogen-bond acceptors (Lipinski definition) is 5. The highest BCUT2D eigenvalue weighted by Crippen LogP contribution is 2.24. The predicted octanol–water partition coefficient (Wildman–Crippen LogP) is 2.53. The monoisotopic (exact) mass is 469 g/mol. The van der Waals surface area contributed by atoms with Crippen LogP contribution in [0.3, 0.4) is 0 Å². The van der Waals surface area contributed by atoms with Gasteiger partial charge in [-0.3, -0.25) is 9.69 Å². The van der Waals surface area contributed by atoms with Crippen molar-refractivity contribution < 1.29 is 22.3 Å². The molecule has 1 fully saturated rings. The molecule has 2 aromatic carbocycles. The lowest BCUT2D eigenvalue weighted by Gasteiger charge is -2.35. The smallest absolute Gasteiger partial charge is 0.252 e. The van der Waals surface area contributed by atoms with Gasteiger partial charge in [0, 0.05) is 33.7 Å². The molecule has 31 heavy (non-hydrogen) atoms. The maximum absolute atomic E-state index is 13.4. The molecule has 0 spiro atoms. The topological polar surface area (TPSA) is 79.0 Å². The highest BCUT2D eigenvalue weighted by atomic mass is 35.5. The van der Waals surface area contributed by atoms with Gasteiger partial charge in [-0.1, -0.05) is 23.7 Å². The van der Waals surface area contributed by atoms with Crippen LogP contribution in [0.2, 0.25) is 5.02 Å². The Labute approximate surface area is 186 Å². The summed E-state index contributed by atoms with van der Waals surface area (Å²) in [4.78, 5) is 15.0. The molecule has 3 rings (SSSR count). The number of nitrogens with zero attached hydrogens (tertiary/aromatic N) is 2. The maximum atomic E-state index is 13.4. The van der Waals surface area contributed by atoms with Gasteiger partial charge in [0.05, 0.1) is 34.7 Å². The summed E-state index contributed by atoms with van der Waals surface area (Å²) >= 11 is 6.18. The standard InChI is InChI=1S/C21H25ClFN3O4S/c1-25(2)31(28,29)17-7-8-19(22)18(13-17)21(27)24-14-20(26-9-11-30-12-10-26)15-3-5-16(23)6-4-15/h3-8,13,20H,9-12,14H2,1-2H3,(H,24,27). The third-order valence-electron chi connectivity index (χ3n) is 5.16. The molecule has 1 aliphatic rings. The van der Waals surface area contributed by atoms with Crippen molar-refractivity contribution in [2.75, 3.05) is 46.9 Å². The summed E-state index contributed by atoms with van der Waals surface area (Å²) in [5.41, 5.74) is 0.933. The minimum Gasteiger partial charge on any atom is -0.379 e. The number of benzene rings is 2. The lowest BCUT2D eigenvalue weighted by Crippen LogP contribution is -2.43. The zero-order valence-electron chi connectivity index (χ0n) is 17.3. The van der Waals surface area contributed by atoms with E-state index in [1.165, 1.54) is 44.4 Å². The molecule has 1 saturated heterocycles. The largest absolute Gasteiger partial charge is 0.379 e. The van der Waals surface area contributed by atoms with Gasteiger partial charge in [0.15, 0.2) is 0 Å². The maximum Gasteiger partial charge on any atom is 0.252 e. The molecular weight excluding hydrogens is 445 g/mol. The second-order valence-electron chi connectivity index (χ2n) is 7.35. The van der Waals surface area contributed by atoms with Crippen LogP contribution in [0.5, 0.6) is 0 Å². The zero-order chi connectivity index (χ0) is 22.6. The Morgan fingerprint density at radius 1 is 1.19 bits per heavy atom. The summed E-state index contributed by atoms with van der Waals surface area (Å²) < 4.78 is 44.7. The van der Waals surface area contributed by atoms with Gasteiger partial charge in [-0.15, -0.1) is 0 Å². The average Bonchev–Trinajstić information content (AvgIpc) is 2.75. The quantitative estimate of drug-likeness (QED) is 0.674. The van der Waals surface area contributed by atoms with Crippen molar-refractivity contribution in [1.82, 2.24) is 14.5 Å². The molecule has 10 heteroatoms. The fourth-order valence-electron chi connectivity index (χ4n) is 3.37. The number of sulfonamides is 1. The van der Waals surface area contributed by atoms with Crippen molar-refractivity contribution in [3.8, 4) is 0 Å². The zero-order valence-corrected chi connectivity index (χ0v) is 18.9. The van der Waals surface area contributed by atoms with Gasteiger partial charge in [0.2, 0.25) is 10.0 Å². The van der Waals surface area contributed by atoms with Crippen molar-refractivity contribution in [3.05, 3.63) is 64.4 Å². The molecule has 168 valence electrons. The summed E-state index contributed by atoms with van der Waals surface area (Å²) in [5.74, 6) is -0.819. The Balaban J connectivity index is 1.81. The Morgan fingerprint density at radius 2 is 1.84 bits per heavy atom. The summed E-state index contributed by atoms with van der Waals surface area (Å²) in [7, 11) is -0.876. The third kappa shape index (κ3) is 5.61. The Morgan fingerprint density at radius 3 is 2.45 bits per heavy atom. The first kappa shape index (κ1) is 23.6. The molecule has 1 N–H and O–H groups in total. The number of morpholine rings is 1. The van der Waals surface area contributed by atoms with E-state index in [1.54, 1.807) is 12.1 Å². The van der Waals surface area contributed by atoms with Crippen molar-refractivity contribution in [1.29, 1.82) is 0 Å². The Kier molecular flexibility index (Phi) is 7.66. The summed E-state index contributed by atoms with van der Waals surface area (Å²) in [6.07, 6.45) is 0. The van der Waals surface area contributed by atoms with Crippen molar-refractivity contribution in [2.24, 2.45) is 0 Å². The first-order chi connectivity index (χ1) is 14.7. The third-order valence-corrected chi connectivity index (χ3v) is 7.30. The van der Waals surface area contributed by atoms with Gasteiger partial charge in [0.1, 0.15) is 5.82 Å². The molecule has 1 heterocycles. The van der Waals surface area contributed by atoms with E-state index in [9.17, 15) is 17.6 Å². The van der Waals surface area contributed by atoms with Crippen LogP contribution in [0, 0.1) is 5.82 Å². The van der Waals surface area contributed by atoms with Crippen LogP contribution < -0.4 is 5.32 Å². The number of carbonyl (C=O) groups is 1. The van der Waals surface area contributed by atoms with Crippen molar-refractivity contribution in [3.63, 3.8) is 0 Å². The van der Waals surface area contributed by atoms with E-state index in [2.05, 4.69) is 10.2 Å². The molecule has 1 amide bonds. The van der Waals surface area contributed by atoms with Crippen LogP contribution in [0.4, 0.5) is 4.39 Å². The van der Waals surface area contributed by atoms with Gasteiger partial charge >= 0.3 is 0 Å². The van der Waals surface area contributed by atoms with E-state index >= 15 is 0 Å². The number of ether oxygens (including phenoxy) is 1. The SMILES string of the molecule is CN(C)S(=O)(=O)c1ccc(Cl)c(C(=O)NCC(c2ccc(F)cc2)N2CCOCC2)c1. The molecule has 0 aliphatic carbocycles. The Bertz CT molecular complexity index is 1030. The van der Waals surface area contributed by atoms with Gasteiger partial charge < -0.3 is 10.1 Å². The Hall–Kier alpha value is -2.04. The lowest BCUT2D eigenvalue weighted by molar-refractivity contribution is 0.0162. The summed E-state index contributed by atoms with van der Waals surface area (Å²) in [6.45, 7) is 2.74. The second kappa shape index (κ2) is 10.1. The molecule has 0 radical (unpaired) electrons. The summed E-state index contributed by atoms with van der Waals surface area (Å²) in [6, 6.07) is 10.00. The minimum atomic E-state index is -3.71. The van der Waals surface area contributed by atoms with Crippen molar-refractivity contribution in [2.45, 2.75) is 10.9 Å². The molecule has 1 aliphatic heterocycles. The number of nitrogens with one attached hydrogen (secondary N) is 1. The van der Waals surface area contributed by atoms with E-state index in [0.29, 0.717) is 26.3 Å². The molecule has 0 saturated carbocycles. The van der Waals surface area contributed by atoms with Crippen LogP contribution in [0.25, 0.3) is 0 Å². The number of rotatable bonds is 7. The van der Waals surface area contributed by atoms with Crippen LogP contribution >= 0.6 is 11.6 Å². The average molecular weight is 470 g/mol. The lowest BCUT2D eigenvalue weighted by atomic mass is 10.0. The van der Waals surface area contributed by atoms with Crippen LogP contribution in [0.1, 0.15) is 22.0 Å². The molecule has 2 aromatic rings. The van der Waals surface area contributed by atoms with Gasteiger partial charge in [-0.05, 0) is 35.9 Å². The first-order valence-corrected chi connectivity index (χ1v) is 11.6. The van der Waals surface area contributed by atoms with Gasteiger partial charge in [-0.2, -0.15) is 0 Å². The van der Waals surface area contributed by atoms with E-state index in [1.807, 2.05) is 0 Å². The normalized spacial score (nSPS) is 16.3. The van der Waals surface area contributed by atoms with E-state index < -0.39 is 15.9 Å². The van der Waals surface area contributed by atoms with Crippen molar-refractivity contribution >= 4 is 27.5 Å². The van der Waals surface area contributed by atoms with Crippen LogP contribution in [0.15, 0.2) is 47.4 Å². The molecule has 1 unspecified atom stereocenters. The van der Waals surface area contributed by atoms with Crippen LogP contribution in [-0.4, -0.2) is 70.5 Å². The number of halogens is 2. The molecule has 0 aromatic heterocycles. The summed E-state index contributed by atoms with van der Waals surface area (Å²) in [5, 5.41) is 3.00.